The van der Waals surface area contributed by atoms with Gasteiger partial charge >= 0.3 is 0 Å². The zero-order valence-electron chi connectivity index (χ0n) is 18.8. The fourth-order valence-electron chi connectivity index (χ4n) is 4.73. The van der Waals surface area contributed by atoms with Crippen LogP contribution in [0.15, 0.2) is 42.5 Å². The number of hydrogen-bond donors (Lipinski definition) is 1. The Labute approximate surface area is 197 Å². The number of methoxy groups -OCH3 is 1. The first-order valence-corrected chi connectivity index (χ1v) is 12.2. The number of ether oxygens (including phenoxy) is 3. The monoisotopic (exact) mass is 467 g/mol. The molecule has 8 heteroatoms. The van der Waals surface area contributed by atoms with E-state index in [4.69, 9.17) is 19.2 Å². The van der Waals surface area contributed by atoms with Crippen molar-refractivity contribution in [1.82, 2.24) is 10.3 Å². The summed E-state index contributed by atoms with van der Waals surface area (Å²) in [5, 5.41) is 3.64. The number of benzene rings is 2. The normalized spacial score (nSPS) is 18.3. The summed E-state index contributed by atoms with van der Waals surface area (Å²) in [6, 6.07) is 14.4. The molecule has 0 saturated carbocycles. The number of hydrogen-bond acceptors (Lipinski definition) is 7. The minimum Gasteiger partial charge on any atom is -0.494 e. The summed E-state index contributed by atoms with van der Waals surface area (Å²) in [5.74, 6) is 0.537. The second kappa shape index (κ2) is 9.67. The van der Waals surface area contributed by atoms with E-state index in [0.717, 1.165) is 41.8 Å². The number of thiazole rings is 1. The molecule has 5 rings (SSSR count). The molecule has 174 valence electrons. The molecule has 1 N–H and O–H groups in total. The Morgan fingerprint density at radius 3 is 2.55 bits per heavy atom. The molecule has 0 spiro atoms. The number of carbonyl (C=O) groups excluding carboxylic acids is 1. The number of aromatic nitrogens is 1. The number of carbonyl (C=O) groups is 1. The molecular weight excluding hydrogens is 438 g/mol. The van der Waals surface area contributed by atoms with E-state index in [0.29, 0.717) is 43.7 Å². The van der Waals surface area contributed by atoms with Gasteiger partial charge < -0.3 is 24.4 Å². The minimum atomic E-state index is -0.145. The number of rotatable bonds is 6. The van der Waals surface area contributed by atoms with Gasteiger partial charge in [0.2, 0.25) is 0 Å². The maximum Gasteiger partial charge on any atom is 0.280 e. The largest absolute Gasteiger partial charge is 0.494 e. The number of nitrogens with one attached hydrogen (secondary N) is 1. The molecule has 2 aliphatic heterocycles. The molecule has 2 fully saturated rings. The fraction of sp³-hybridized carbons (Fsp3) is 0.440. The number of amides is 1. The van der Waals surface area contributed by atoms with Crippen LogP contribution in [0.4, 0.5) is 5.69 Å². The van der Waals surface area contributed by atoms with E-state index in [-0.39, 0.29) is 11.3 Å². The van der Waals surface area contributed by atoms with E-state index in [2.05, 4.69) is 40.5 Å². The SMILES string of the molecule is COc1ccc(N2CCOCC2)c2sc(C(=O)NCC3(c4ccccc4)CCOCC3)nc12. The summed E-state index contributed by atoms with van der Waals surface area (Å²) in [5.41, 5.74) is 2.94. The van der Waals surface area contributed by atoms with Gasteiger partial charge in [0, 0.05) is 38.3 Å². The van der Waals surface area contributed by atoms with Crippen LogP contribution in [-0.4, -0.2) is 64.1 Å². The first-order valence-electron chi connectivity index (χ1n) is 11.4. The highest BCUT2D eigenvalue weighted by atomic mass is 32.1. The predicted molar refractivity (Wildman–Crippen MR) is 130 cm³/mol. The fourth-order valence-corrected chi connectivity index (χ4v) is 5.77. The quantitative estimate of drug-likeness (QED) is 0.597. The molecule has 0 atom stereocenters. The van der Waals surface area contributed by atoms with E-state index in [1.54, 1.807) is 7.11 Å². The number of fused-ring (bicyclic) bond motifs is 1. The molecule has 2 aliphatic rings. The molecule has 7 nitrogen and oxygen atoms in total. The van der Waals surface area contributed by atoms with Gasteiger partial charge in [-0.1, -0.05) is 30.3 Å². The Morgan fingerprint density at radius 1 is 1.09 bits per heavy atom. The first-order chi connectivity index (χ1) is 16.2. The van der Waals surface area contributed by atoms with E-state index in [1.165, 1.54) is 16.9 Å². The van der Waals surface area contributed by atoms with E-state index < -0.39 is 0 Å². The van der Waals surface area contributed by atoms with Gasteiger partial charge in [0.25, 0.3) is 5.91 Å². The zero-order valence-corrected chi connectivity index (χ0v) is 19.7. The molecular formula is C25H29N3O4S. The van der Waals surface area contributed by atoms with Gasteiger partial charge in [0.1, 0.15) is 11.3 Å². The number of anilines is 1. The lowest BCUT2D eigenvalue weighted by atomic mass is 9.74. The van der Waals surface area contributed by atoms with Crippen LogP contribution >= 0.6 is 11.3 Å². The second-order valence-corrected chi connectivity index (χ2v) is 9.52. The third kappa shape index (κ3) is 4.43. The van der Waals surface area contributed by atoms with Crippen LogP contribution < -0.4 is 15.0 Å². The highest BCUT2D eigenvalue weighted by Crippen LogP contribution is 2.38. The Morgan fingerprint density at radius 2 is 1.82 bits per heavy atom. The van der Waals surface area contributed by atoms with Crippen LogP contribution in [0.3, 0.4) is 0 Å². The highest BCUT2D eigenvalue weighted by molar-refractivity contribution is 7.21. The van der Waals surface area contributed by atoms with Gasteiger partial charge in [-0.05, 0) is 30.5 Å². The van der Waals surface area contributed by atoms with Gasteiger partial charge in [0.15, 0.2) is 5.01 Å². The van der Waals surface area contributed by atoms with Gasteiger partial charge in [-0.2, -0.15) is 0 Å². The van der Waals surface area contributed by atoms with Crippen molar-refractivity contribution in [2.75, 3.05) is 58.1 Å². The van der Waals surface area contributed by atoms with E-state index >= 15 is 0 Å². The van der Waals surface area contributed by atoms with Gasteiger partial charge in [0.05, 0.1) is 30.7 Å². The molecule has 33 heavy (non-hydrogen) atoms. The van der Waals surface area contributed by atoms with Crippen molar-refractivity contribution in [2.24, 2.45) is 0 Å². The molecule has 0 aliphatic carbocycles. The summed E-state index contributed by atoms with van der Waals surface area (Å²) in [4.78, 5) is 20.2. The van der Waals surface area contributed by atoms with Gasteiger partial charge in [-0.15, -0.1) is 11.3 Å². The zero-order chi connectivity index (χ0) is 22.7. The number of nitrogens with zero attached hydrogens (tertiary/aromatic N) is 2. The Kier molecular flexibility index (Phi) is 6.48. The average Bonchev–Trinajstić information content (AvgIpc) is 3.34. The molecule has 2 aromatic carbocycles. The molecule has 1 aromatic heterocycles. The van der Waals surface area contributed by atoms with Crippen molar-refractivity contribution >= 4 is 33.1 Å². The third-order valence-electron chi connectivity index (χ3n) is 6.68. The molecule has 0 bridgehead atoms. The molecule has 0 unspecified atom stereocenters. The van der Waals surface area contributed by atoms with E-state index in [9.17, 15) is 4.79 Å². The summed E-state index contributed by atoms with van der Waals surface area (Å²) < 4.78 is 17.7. The Bertz CT molecular complexity index is 1110. The highest BCUT2D eigenvalue weighted by Gasteiger charge is 2.35. The van der Waals surface area contributed by atoms with Crippen LogP contribution in [0.25, 0.3) is 10.2 Å². The first kappa shape index (κ1) is 22.1. The van der Waals surface area contributed by atoms with Crippen molar-refractivity contribution in [3.8, 4) is 5.75 Å². The Balaban J connectivity index is 1.41. The predicted octanol–water partition coefficient (Wildman–Crippen LogP) is 3.62. The molecule has 3 aromatic rings. The van der Waals surface area contributed by atoms with Crippen LogP contribution in [0, 0.1) is 0 Å². The topological polar surface area (TPSA) is 72.9 Å². The maximum absolute atomic E-state index is 13.2. The van der Waals surface area contributed by atoms with Crippen molar-refractivity contribution in [2.45, 2.75) is 18.3 Å². The van der Waals surface area contributed by atoms with Crippen LogP contribution in [0.1, 0.15) is 28.2 Å². The smallest absolute Gasteiger partial charge is 0.280 e. The lowest BCUT2D eigenvalue weighted by Gasteiger charge is -2.37. The summed E-state index contributed by atoms with van der Waals surface area (Å²) >= 11 is 1.43. The van der Waals surface area contributed by atoms with Crippen LogP contribution in [0.5, 0.6) is 5.75 Å². The third-order valence-corrected chi connectivity index (χ3v) is 7.75. The van der Waals surface area contributed by atoms with Crippen molar-refractivity contribution in [3.05, 3.63) is 53.0 Å². The van der Waals surface area contributed by atoms with Crippen molar-refractivity contribution in [1.29, 1.82) is 0 Å². The summed E-state index contributed by atoms with van der Waals surface area (Å²) in [6.07, 6.45) is 1.76. The van der Waals surface area contributed by atoms with Crippen LogP contribution in [-0.2, 0) is 14.9 Å². The standard InChI is InChI=1S/C25H29N3O4S/c1-30-20-8-7-19(28-11-15-32-16-12-28)22-21(20)27-24(33-22)23(29)26-17-25(9-13-31-14-10-25)18-5-3-2-4-6-18/h2-8H,9-17H2,1H3,(H,26,29). The van der Waals surface area contributed by atoms with Gasteiger partial charge in [-0.25, -0.2) is 4.98 Å². The lowest BCUT2D eigenvalue weighted by Crippen LogP contribution is -2.44. The molecule has 3 heterocycles. The molecule has 2 saturated heterocycles. The average molecular weight is 468 g/mol. The molecule has 1 amide bonds. The molecule has 0 radical (unpaired) electrons. The Hall–Kier alpha value is -2.68. The van der Waals surface area contributed by atoms with Crippen molar-refractivity contribution in [3.63, 3.8) is 0 Å². The maximum atomic E-state index is 13.2. The van der Waals surface area contributed by atoms with Gasteiger partial charge in [-0.3, -0.25) is 4.79 Å². The lowest BCUT2D eigenvalue weighted by molar-refractivity contribution is 0.0487. The van der Waals surface area contributed by atoms with Crippen molar-refractivity contribution < 1.29 is 19.0 Å². The number of morpholine rings is 1. The second-order valence-electron chi connectivity index (χ2n) is 8.52. The van der Waals surface area contributed by atoms with Crippen LogP contribution in [0.2, 0.25) is 0 Å². The van der Waals surface area contributed by atoms with E-state index in [1.807, 2.05) is 12.1 Å². The summed E-state index contributed by atoms with van der Waals surface area (Å²) in [7, 11) is 1.64. The summed E-state index contributed by atoms with van der Waals surface area (Å²) in [6.45, 7) is 5.00. The minimum absolute atomic E-state index is 0.123.